The fourth-order valence-corrected chi connectivity index (χ4v) is 3.75. The van der Waals surface area contributed by atoms with Crippen LogP contribution in [0.1, 0.15) is 57.4 Å². The zero-order chi connectivity index (χ0) is 19.7. The molecule has 0 aliphatic heterocycles. The number of para-hydroxylation sites is 1. The first kappa shape index (κ1) is 25.6. The average molecular weight is 431 g/mol. The van der Waals surface area contributed by atoms with E-state index in [1.807, 2.05) is 0 Å². The molecule has 0 saturated heterocycles. The SMILES string of the molecule is CCCCCCCCCc1ccc([O-])c(S(=O)(=O)O)c1Oc1ccccc1.[K+]. The molecule has 2 aromatic rings. The molecule has 0 aliphatic carbocycles. The van der Waals surface area contributed by atoms with Crippen LogP contribution >= 0.6 is 0 Å². The third-order valence-corrected chi connectivity index (χ3v) is 5.33. The molecule has 0 saturated carbocycles. The molecule has 0 amide bonds. The number of aryl methyl sites for hydroxylation is 1. The fourth-order valence-electron chi connectivity index (χ4n) is 3.02. The minimum absolute atomic E-state index is 0. The summed E-state index contributed by atoms with van der Waals surface area (Å²) < 4.78 is 38.8. The van der Waals surface area contributed by atoms with E-state index in [0.717, 1.165) is 19.3 Å². The van der Waals surface area contributed by atoms with Crippen molar-refractivity contribution in [2.24, 2.45) is 0 Å². The van der Waals surface area contributed by atoms with Gasteiger partial charge < -0.3 is 9.84 Å². The third-order valence-electron chi connectivity index (χ3n) is 4.43. The zero-order valence-electron chi connectivity index (χ0n) is 16.7. The van der Waals surface area contributed by atoms with Crippen molar-refractivity contribution in [3.05, 3.63) is 48.0 Å². The minimum atomic E-state index is -4.69. The van der Waals surface area contributed by atoms with Crippen molar-refractivity contribution in [3.8, 4) is 17.2 Å². The molecule has 2 rings (SSSR count). The Morgan fingerprint density at radius 1 is 0.929 bits per heavy atom. The van der Waals surface area contributed by atoms with Gasteiger partial charge in [0, 0.05) is 0 Å². The Kier molecular flexibility index (Phi) is 11.9. The Labute approximate surface area is 210 Å². The van der Waals surface area contributed by atoms with E-state index in [1.165, 1.54) is 31.7 Å². The van der Waals surface area contributed by atoms with Gasteiger partial charge in [0.05, 0.1) is 0 Å². The maximum Gasteiger partial charge on any atom is 1.00 e. The van der Waals surface area contributed by atoms with Gasteiger partial charge in [-0.15, -0.1) is 0 Å². The van der Waals surface area contributed by atoms with E-state index in [4.69, 9.17) is 4.74 Å². The predicted molar refractivity (Wildman–Crippen MR) is 104 cm³/mol. The summed E-state index contributed by atoms with van der Waals surface area (Å²) in [5.74, 6) is -0.428. The van der Waals surface area contributed by atoms with Crippen LogP contribution in [0.2, 0.25) is 0 Å². The topological polar surface area (TPSA) is 86.7 Å². The number of unbranched alkanes of at least 4 members (excludes halogenated alkanes) is 6. The van der Waals surface area contributed by atoms with Crippen molar-refractivity contribution in [1.82, 2.24) is 0 Å². The van der Waals surface area contributed by atoms with Crippen LogP contribution in [0.3, 0.4) is 0 Å². The molecule has 0 fully saturated rings. The standard InChI is InChI=1S/C21H28O5S.K/c1-2-3-4-5-6-7-9-12-17-15-16-19(22)21(27(23,24)25)20(17)26-18-13-10-8-11-14-18;/h8,10-11,13-16,22H,2-7,9,12H2,1H3,(H,23,24,25);/q;+1/p-1. The van der Waals surface area contributed by atoms with Crippen molar-refractivity contribution < 1.29 is 74.2 Å². The smallest absolute Gasteiger partial charge is 0.871 e. The van der Waals surface area contributed by atoms with Crippen molar-refractivity contribution in [2.45, 2.75) is 63.2 Å². The summed E-state index contributed by atoms with van der Waals surface area (Å²) in [6.07, 6.45) is 8.47. The van der Waals surface area contributed by atoms with Crippen molar-refractivity contribution in [1.29, 1.82) is 0 Å². The van der Waals surface area contributed by atoms with Gasteiger partial charge in [-0.3, -0.25) is 4.55 Å². The Morgan fingerprint density at radius 2 is 1.54 bits per heavy atom. The van der Waals surface area contributed by atoms with Crippen LogP contribution in [-0.2, 0) is 16.5 Å². The molecule has 148 valence electrons. The number of hydrogen-bond donors (Lipinski definition) is 1. The monoisotopic (exact) mass is 430 g/mol. The maximum absolute atomic E-state index is 12.1. The first-order valence-corrected chi connectivity index (χ1v) is 10.9. The van der Waals surface area contributed by atoms with Crippen LogP contribution in [0, 0.1) is 0 Å². The Bertz CT molecular complexity index is 822. The summed E-state index contributed by atoms with van der Waals surface area (Å²) in [5.41, 5.74) is 0.611. The molecule has 0 aliphatic rings. The first-order valence-electron chi connectivity index (χ1n) is 9.46. The molecule has 0 radical (unpaired) electrons. The van der Waals surface area contributed by atoms with Gasteiger partial charge in [0.15, 0.2) is 5.75 Å². The maximum atomic E-state index is 12.1. The molecule has 0 aromatic heterocycles. The van der Waals surface area contributed by atoms with Gasteiger partial charge in [-0.2, -0.15) is 8.42 Å². The number of ether oxygens (including phenoxy) is 1. The molecular weight excluding hydrogens is 403 g/mol. The Balaban J connectivity index is 0.00000392. The Morgan fingerprint density at radius 3 is 2.14 bits per heavy atom. The predicted octanol–water partition coefficient (Wildman–Crippen LogP) is 2.10. The summed E-state index contributed by atoms with van der Waals surface area (Å²) in [6.45, 7) is 2.18. The molecule has 1 N–H and O–H groups in total. The van der Waals surface area contributed by atoms with Crippen molar-refractivity contribution in [2.75, 3.05) is 0 Å². The van der Waals surface area contributed by atoms with Gasteiger partial charge in [-0.25, -0.2) is 0 Å². The molecule has 0 atom stereocenters. The fraction of sp³-hybridized carbons (Fsp3) is 0.429. The van der Waals surface area contributed by atoms with E-state index in [0.29, 0.717) is 17.7 Å². The van der Waals surface area contributed by atoms with E-state index in [1.54, 1.807) is 36.4 Å². The molecule has 0 unspecified atom stereocenters. The second kappa shape index (κ2) is 13.0. The first-order chi connectivity index (χ1) is 12.9. The Hall–Kier alpha value is -0.414. The number of rotatable bonds is 11. The van der Waals surface area contributed by atoms with Crippen LogP contribution in [0.15, 0.2) is 47.4 Å². The van der Waals surface area contributed by atoms with E-state index in [2.05, 4.69) is 6.92 Å². The minimum Gasteiger partial charge on any atom is -0.871 e. The van der Waals surface area contributed by atoms with Gasteiger partial charge in [-0.1, -0.05) is 81.5 Å². The van der Waals surface area contributed by atoms with Crippen LogP contribution in [-0.4, -0.2) is 13.0 Å². The molecule has 28 heavy (non-hydrogen) atoms. The summed E-state index contributed by atoms with van der Waals surface area (Å²) in [6, 6.07) is 11.4. The summed E-state index contributed by atoms with van der Waals surface area (Å²) >= 11 is 0. The van der Waals surface area contributed by atoms with Crippen LogP contribution in [0.5, 0.6) is 17.2 Å². The van der Waals surface area contributed by atoms with E-state index < -0.39 is 20.8 Å². The quantitative estimate of drug-likeness (QED) is 0.335. The number of hydrogen-bond acceptors (Lipinski definition) is 4. The van der Waals surface area contributed by atoms with Gasteiger partial charge in [0.25, 0.3) is 10.1 Å². The number of benzene rings is 2. The largest absolute Gasteiger partial charge is 1.00 e. The third kappa shape index (κ3) is 8.14. The average Bonchev–Trinajstić information content (AvgIpc) is 2.62. The van der Waals surface area contributed by atoms with Crippen LogP contribution in [0.4, 0.5) is 0 Å². The summed E-state index contributed by atoms with van der Waals surface area (Å²) in [4.78, 5) is -0.688. The van der Waals surface area contributed by atoms with E-state index >= 15 is 0 Å². The van der Waals surface area contributed by atoms with Crippen molar-refractivity contribution in [3.63, 3.8) is 0 Å². The summed E-state index contributed by atoms with van der Waals surface area (Å²) in [7, 11) is -4.69. The van der Waals surface area contributed by atoms with E-state index in [9.17, 15) is 18.1 Å². The van der Waals surface area contributed by atoms with Gasteiger partial charge >= 0.3 is 51.4 Å². The second-order valence-corrected chi connectivity index (χ2v) is 8.00. The van der Waals surface area contributed by atoms with Crippen LogP contribution < -0.4 is 61.2 Å². The molecule has 2 aromatic carbocycles. The summed E-state index contributed by atoms with van der Waals surface area (Å²) in [5, 5.41) is 12.1. The van der Waals surface area contributed by atoms with Gasteiger partial charge in [0.1, 0.15) is 10.6 Å². The van der Waals surface area contributed by atoms with Gasteiger partial charge in [0.2, 0.25) is 0 Å². The van der Waals surface area contributed by atoms with E-state index in [-0.39, 0.29) is 57.1 Å². The molecule has 0 spiro atoms. The van der Waals surface area contributed by atoms with Crippen molar-refractivity contribution >= 4 is 10.1 Å². The molecule has 7 heteroatoms. The zero-order valence-corrected chi connectivity index (χ0v) is 20.6. The normalized spacial score (nSPS) is 11.1. The molecule has 0 bridgehead atoms. The second-order valence-electron chi connectivity index (χ2n) is 6.64. The molecule has 5 nitrogen and oxygen atoms in total. The molecular formula is C21H27KO5S. The van der Waals surface area contributed by atoms with Crippen LogP contribution in [0.25, 0.3) is 0 Å². The van der Waals surface area contributed by atoms with Gasteiger partial charge in [-0.05, 0) is 30.5 Å². The molecule has 0 heterocycles.